The van der Waals surface area contributed by atoms with E-state index in [1.165, 1.54) is 5.57 Å². The van der Waals surface area contributed by atoms with Gasteiger partial charge in [0, 0.05) is 11.8 Å². The quantitative estimate of drug-likeness (QED) is 0.689. The molecular formula is C20H28O2. The lowest BCUT2D eigenvalue weighted by Crippen LogP contribution is -2.50. The summed E-state index contributed by atoms with van der Waals surface area (Å²) in [5.41, 5.74) is 2.98. The van der Waals surface area contributed by atoms with Crippen molar-refractivity contribution in [2.45, 2.75) is 59.0 Å². The molecule has 0 aliphatic heterocycles. The number of fused-ring (bicyclic) bond motifs is 5. The van der Waals surface area contributed by atoms with E-state index in [9.17, 15) is 9.90 Å². The summed E-state index contributed by atoms with van der Waals surface area (Å²) < 4.78 is 0. The number of ketones is 1. The van der Waals surface area contributed by atoms with Crippen LogP contribution in [0.15, 0.2) is 23.3 Å². The molecule has 7 atom stereocenters. The van der Waals surface area contributed by atoms with Gasteiger partial charge in [0.1, 0.15) is 0 Å². The fourth-order valence-corrected chi connectivity index (χ4v) is 6.41. The van der Waals surface area contributed by atoms with Gasteiger partial charge in [0.15, 0.2) is 5.78 Å². The average Bonchev–Trinajstić information content (AvgIpc) is 2.74. The average molecular weight is 300 g/mol. The molecule has 2 heteroatoms. The fourth-order valence-electron chi connectivity index (χ4n) is 6.41. The van der Waals surface area contributed by atoms with E-state index >= 15 is 0 Å². The Kier molecular flexibility index (Phi) is 3.21. The first kappa shape index (κ1) is 14.7. The van der Waals surface area contributed by atoms with E-state index in [1.54, 1.807) is 5.57 Å². The van der Waals surface area contributed by atoms with Gasteiger partial charge in [0.25, 0.3) is 0 Å². The third-order valence-electron chi connectivity index (χ3n) is 7.29. The van der Waals surface area contributed by atoms with Crippen LogP contribution < -0.4 is 0 Å². The second-order valence-electron chi connectivity index (χ2n) is 8.63. The number of allylic oxidation sites excluding steroid dienone is 2. The molecule has 2 fully saturated rings. The van der Waals surface area contributed by atoms with E-state index in [0.29, 0.717) is 35.4 Å². The Hall–Kier alpha value is -0.890. The normalized spacial score (nSPS) is 50.6. The molecule has 0 amide bonds. The lowest BCUT2D eigenvalue weighted by Gasteiger charge is -2.56. The van der Waals surface area contributed by atoms with Gasteiger partial charge in [0.2, 0.25) is 0 Å². The van der Waals surface area contributed by atoms with Crippen molar-refractivity contribution in [1.82, 2.24) is 0 Å². The van der Waals surface area contributed by atoms with Crippen LogP contribution in [0.25, 0.3) is 0 Å². The minimum absolute atomic E-state index is 0.000543. The summed E-state index contributed by atoms with van der Waals surface area (Å²) in [5, 5.41) is 10.5. The Labute approximate surface area is 133 Å². The van der Waals surface area contributed by atoms with E-state index in [-0.39, 0.29) is 11.5 Å². The third kappa shape index (κ3) is 1.86. The molecule has 2 saturated carbocycles. The number of rotatable bonds is 0. The Balaban J connectivity index is 1.76. The molecular weight excluding hydrogens is 272 g/mol. The van der Waals surface area contributed by atoms with Crippen molar-refractivity contribution in [3.63, 3.8) is 0 Å². The van der Waals surface area contributed by atoms with Crippen LogP contribution in [-0.2, 0) is 4.79 Å². The highest BCUT2D eigenvalue weighted by Crippen LogP contribution is 2.62. The number of aliphatic hydroxyl groups is 1. The van der Waals surface area contributed by atoms with Crippen LogP contribution >= 0.6 is 0 Å². The van der Waals surface area contributed by atoms with Crippen molar-refractivity contribution in [2.75, 3.05) is 0 Å². The van der Waals surface area contributed by atoms with Crippen LogP contribution in [0, 0.1) is 35.0 Å². The highest BCUT2D eigenvalue weighted by atomic mass is 16.3. The minimum atomic E-state index is -0.192. The first-order valence-electron chi connectivity index (χ1n) is 9.03. The number of aliphatic hydroxyl groups excluding tert-OH is 1. The van der Waals surface area contributed by atoms with Crippen LogP contribution in [0.5, 0.6) is 0 Å². The number of carbonyl (C=O) groups is 1. The second kappa shape index (κ2) is 4.80. The van der Waals surface area contributed by atoms with E-state index in [0.717, 1.165) is 32.1 Å². The zero-order valence-corrected chi connectivity index (χ0v) is 14.0. The number of hydrogen-bond donors (Lipinski definition) is 1. The first-order valence-corrected chi connectivity index (χ1v) is 9.03. The molecule has 4 aliphatic rings. The predicted molar refractivity (Wildman–Crippen MR) is 87.2 cm³/mol. The Morgan fingerprint density at radius 3 is 2.82 bits per heavy atom. The van der Waals surface area contributed by atoms with Gasteiger partial charge in [-0.25, -0.2) is 0 Å². The molecule has 0 saturated heterocycles. The lowest BCUT2D eigenvalue weighted by molar-refractivity contribution is -0.116. The van der Waals surface area contributed by atoms with Crippen LogP contribution in [0.3, 0.4) is 0 Å². The zero-order valence-electron chi connectivity index (χ0n) is 14.0. The van der Waals surface area contributed by atoms with E-state index < -0.39 is 0 Å². The first-order chi connectivity index (χ1) is 10.4. The molecule has 120 valence electrons. The molecule has 1 unspecified atom stereocenters. The molecule has 0 bridgehead atoms. The highest BCUT2D eigenvalue weighted by molar-refractivity contribution is 5.91. The van der Waals surface area contributed by atoms with Gasteiger partial charge in [-0.05, 0) is 61.3 Å². The van der Waals surface area contributed by atoms with E-state index in [1.807, 2.05) is 6.08 Å². The summed E-state index contributed by atoms with van der Waals surface area (Å²) in [6, 6.07) is 0. The van der Waals surface area contributed by atoms with Crippen LogP contribution in [0.2, 0.25) is 0 Å². The van der Waals surface area contributed by atoms with Crippen molar-refractivity contribution in [3.8, 4) is 0 Å². The summed E-state index contributed by atoms with van der Waals surface area (Å²) >= 11 is 0. The SMILES string of the molecule is C[C@@H]1CC2=CC(=O)CC[C@@H]2[C@@H]2[C@@H]1C1=CCC(O)[C@@]1(C)C[C@@H]2C. The summed E-state index contributed by atoms with van der Waals surface area (Å²) in [5.74, 6) is 3.45. The van der Waals surface area contributed by atoms with Gasteiger partial charge in [-0.1, -0.05) is 38.0 Å². The molecule has 0 aromatic carbocycles. The molecule has 22 heavy (non-hydrogen) atoms. The van der Waals surface area contributed by atoms with E-state index in [4.69, 9.17) is 0 Å². The van der Waals surface area contributed by atoms with Gasteiger partial charge in [-0.15, -0.1) is 0 Å². The smallest absolute Gasteiger partial charge is 0.155 e. The summed E-state index contributed by atoms with van der Waals surface area (Å²) in [7, 11) is 0. The lowest BCUT2D eigenvalue weighted by atomic mass is 9.49. The topological polar surface area (TPSA) is 37.3 Å². The van der Waals surface area contributed by atoms with Crippen molar-refractivity contribution >= 4 is 5.78 Å². The maximum Gasteiger partial charge on any atom is 0.155 e. The number of carbonyl (C=O) groups excluding carboxylic acids is 1. The standard InChI is InChI=1S/C20H28O2/c1-11-8-13-9-14(21)4-5-15(13)18-12(2)10-20(3)16(19(11)18)6-7-17(20)22/h6,9,11-12,15,17-19,22H,4-5,7-8,10H2,1-3H3/t11-,12+,15+,17?,18-,19+,20+/m1/s1. The Morgan fingerprint density at radius 2 is 2.05 bits per heavy atom. The summed E-state index contributed by atoms with van der Waals surface area (Å²) in [4.78, 5) is 11.8. The Bertz CT molecular complexity index is 572. The van der Waals surface area contributed by atoms with E-state index in [2.05, 4.69) is 26.8 Å². The van der Waals surface area contributed by atoms with Crippen LogP contribution in [-0.4, -0.2) is 17.0 Å². The second-order valence-corrected chi connectivity index (χ2v) is 8.63. The van der Waals surface area contributed by atoms with Gasteiger partial charge in [-0.2, -0.15) is 0 Å². The molecule has 0 aromatic heterocycles. The maximum absolute atomic E-state index is 11.8. The predicted octanol–water partition coefficient (Wildman–Crippen LogP) is 3.90. The van der Waals surface area contributed by atoms with Crippen LogP contribution in [0.1, 0.15) is 52.9 Å². The molecule has 0 radical (unpaired) electrons. The fraction of sp³-hybridized carbons (Fsp3) is 0.750. The maximum atomic E-state index is 11.8. The van der Waals surface area contributed by atoms with Gasteiger partial charge < -0.3 is 5.11 Å². The summed E-state index contributed by atoms with van der Waals surface area (Å²) in [6.45, 7) is 7.03. The zero-order chi connectivity index (χ0) is 15.6. The summed E-state index contributed by atoms with van der Waals surface area (Å²) in [6.07, 6.45) is 8.93. The molecule has 2 nitrogen and oxygen atoms in total. The van der Waals surface area contributed by atoms with Crippen molar-refractivity contribution in [3.05, 3.63) is 23.3 Å². The third-order valence-corrected chi connectivity index (χ3v) is 7.29. The van der Waals surface area contributed by atoms with Gasteiger partial charge in [0.05, 0.1) is 6.10 Å². The molecule has 0 spiro atoms. The number of hydrogen-bond acceptors (Lipinski definition) is 2. The minimum Gasteiger partial charge on any atom is -0.392 e. The molecule has 0 heterocycles. The van der Waals surface area contributed by atoms with Crippen molar-refractivity contribution < 1.29 is 9.90 Å². The Morgan fingerprint density at radius 1 is 1.27 bits per heavy atom. The highest BCUT2D eigenvalue weighted by Gasteiger charge is 2.56. The largest absolute Gasteiger partial charge is 0.392 e. The molecule has 1 N–H and O–H groups in total. The monoisotopic (exact) mass is 300 g/mol. The van der Waals surface area contributed by atoms with Crippen LogP contribution in [0.4, 0.5) is 0 Å². The van der Waals surface area contributed by atoms with Gasteiger partial charge in [-0.3, -0.25) is 4.79 Å². The molecule has 4 rings (SSSR count). The molecule has 4 aliphatic carbocycles. The van der Waals surface area contributed by atoms with Crippen molar-refractivity contribution in [2.24, 2.45) is 35.0 Å². The van der Waals surface area contributed by atoms with Gasteiger partial charge >= 0.3 is 0 Å². The van der Waals surface area contributed by atoms with Crippen molar-refractivity contribution in [1.29, 1.82) is 0 Å². The molecule has 0 aromatic rings.